The first kappa shape index (κ1) is 34.4. The van der Waals surface area contributed by atoms with E-state index in [9.17, 15) is 24.3 Å². The molecule has 11 heteroatoms. The number of likely N-dealkylation sites (tertiary alicyclic amines) is 1. The number of methoxy groups -OCH3 is 1. The van der Waals surface area contributed by atoms with E-state index >= 15 is 0 Å². The fraction of sp³-hybridized carbons (Fsp3) is 0.474. The molecule has 0 radical (unpaired) electrons. The molecular formula is C38H45N3O8. The van der Waals surface area contributed by atoms with Gasteiger partial charge in [-0.2, -0.15) is 0 Å². The van der Waals surface area contributed by atoms with Crippen LogP contribution in [0.25, 0.3) is 0 Å². The van der Waals surface area contributed by atoms with Crippen molar-refractivity contribution < 1.29 is 38.5 Å². The number of benzene rings is 2. The van der Waals surface area contributed by atoms with Crippen LogP contribution in [0.2, 0.25) is 0 Å². The number of nitrogens with zero attached hydrogens (tertiary/aromatic N) is 2. The van der Waals surface area contributed by atoms with Gasteiger partial charge in [0.15, 0.2) is 0 Å². The second kappa shape index (κ2) is 15.0. The molecule has 4 aliphatic rings. The molecule has 0 unspecified atom stereocenters. The Balaban J connectivity index is 1.40. The summed E-state index contributed by atoms with van der Waals surface area (Å²) >= 11 is 0. The monoisotopic (exact) mass is 671 g/mol. The molecule has 4 aliphatic heterocycles. The maximum atomic E-state index is 14.7. The minimum absolute atomic E-state index is 0.0926. The summed E-state index contributed by atoms with van der Waals surface area (Å²) in [6, 6.07) is 14.8. The molecule has 4 heterocycles. The van der Waals surface area contributed by atoms with E-state index in [2.05, 4.69) is 5.32 Å². The average molecular weight is 672 g/mol. The number of carbonyl (C=O) groups is 4. The van der Waals surface area contributed by atoms with Crippen molar-refractivity contribution in [1.82, 2.24) is 10.2 Å². The Morgan fingerprint density at radius 1 is 0.959 bits per heavy atom. The minimum atomic E-state index is -1.43. The Morgan fingerprint density at radius 2 is 1.71 bits per heavy atom. The van der Waals surface area contributed by atoms with E-state index in [1.54, 1.807) is 60.3 Å². The highest BCUT2D eigenvalue weighted by molar-refractivity contribution is 6.05. The van der Waals surface area contributed by atoms with Crippen molar-refractivity contribution in [2.24, 2.45) is 11.8 Å². The molecule has 0 bridgehead atoms. The van der Waals surface area contributed by atoms with Gasteiger partial charge in [0, 0.05) is 31.8 Å². The van der Waals surface area contributed by atoms with Gasteiger partial charge in [0.2, 0.25) is 11.8 Å². The highest BCUT2D eigenvalue weighted by Gasteiger charge is 2.71. The quantitative estimate of drug-likeness (QED) is 0.233. The Bertz CT molecular complexity index is 1580. The van der Waals surface area contributed by atoms with Gasteiger partial charge >= 0.3 is 5.97 Å². The van der Waals surface area contributed by atoms with E-state index < -0.39 is 47.7 Å². The normalized spacial score (nSPS) is 30.7. The molecule has 3 amide bonds. The van der Waals surface area contributed by atoms with Gasteiger partial charge in [0.05, 0.1) is 25.2 Å². The van der Waals surface area contributed by atoms with Crippen molar-refractivity contribution in [3.05, 3.63) is 84.5 Å². The lowest BCUT2D eigenvalue weighted by atomic mass is 9.77. The molecule has 7 atom stereocenters. The molecule has 1 spiro atoms. The number of rotatable bonds is 9. The van der Waals surface area contributed by atoms with Gasteiger partial charge in [-0.3, -0.25) is 19.2 Å². The van der Waals surface area contributed by atoms with Crippen molar-refractivity contribution in [2.45, 2.75) is 75.3 Å². The van der Waals surface area contributed by atoms with Gasteiger partial charge in [-0.1, -0.05) is 67.5 Å². The molecular weight excluding hydrogens is 626 g/mol. The minimum Gasteiger partial charge on any atom is -0.497 e. The van der Waals surface area contributed by atoms with Gasteiger partial charge < -0.3 is 34.4 Å². The summed E-state index contributed by atoms with van der Waals surface area (Å²) in [4.78, 5) is 59.9. The van der Waals surface area contributed by atoms with E-state index in [-0.39, 0.29) is 37.3 Å². The first-order valence-electron chi connectivity index (χ1n) is 17.2. The molecule has 2 fully saturated rings. The van der Waals surface area contributed by atoms with Crippen LogP contribution in [0.15, 0.2) is 78.9 Å². The number of unbranched alkanes of at least 4 members (excludes halogenated alkanes) is 3. The summed E-state index contributed by atoms with van der Waals surface area (Å²) in [5, 5.41) is 12.2. The van der Waals surface area contributed by atoms with Crippen LogP contribution in [0, 0.1) is 11.8 Å². The number of cyclic esters (lactones) is 1. The standard InChI is InChI=1S/C38H45N3O8/c1-25-33(26-13-6-5-7-14-26)48-37(46)31-29(15-8-9-16-30(43)39-25)49-38-21-12-23-40(27-17-19-28(47-2)20-18-27)36(45)34(38)41(35(44)32(31)38)22-10-3-4-11-24-42/h5-8,12-15,17-21,25,29,31-34,42H,3-4,9-11,16,22-24H2,1-2H3,(H,39,43)/b15-8-/t25-,29-,31+,32+,33+,34-,38+/m1/s1. The number of nitrogens with one attached hydrogen (secondary N) is 1. The zero-order chi connectivity index (χ0) is 34.5. The number of ether oxygens (including phenoxy) is 3. The van der Waals surface area contributed by atoms with Crippen LogP contribution < -0.4 is 15.0 Å². The predicted molar refractivity (Wildman–Crippen MR) is 181 cm³/mol. The number of hydrogen-bond acceptors (Lipinski definition) is 8. The lowest BCUT2D eigenvalue weighted by molar-refractivity contribution is -0.161. The maximum Gasteiger partial charge on any atom is 0.313 e. The van der Waals surface area contributed by atoms with Gasteiger partial charge in [-0.25, -0.2) is 0 Å². The molecule has 2 aromatic rings. The first-order chi connectivity index (χ1) is 23.8. The van der Waals surface area contributed by atoms with Gasteiger partial charge in [0.1, 0.15) is 29.4 Å². The van der Waals surface area contributed by atoms with Crippen LogP contribution in [-0.2, 0) is 28.7 Å². The zero-order valence-corrected chi connectivity index (χ0v) is 28.0. The third kappa shape index (κ3) is 6.74. The predicted octanol–water partition coefficient (Wildman–Crippen LogP) is 3.87. The fourth-order valence-electron chi connectivity index (χ4n) is 7.69. The number of aliphatic hydroxyl groups is 1. The highest BCUT2D eigenvalue weighted by atomic mass is 16.6. The van der Waals surface area contributed by atoms with Gasteiger partial charge in [-0.15, -0.1) is 0 Å². The first-order valence-corrected chi connectivity index (χ1v) is 17.2. The second-order valence-electron chi connectivity index (χ2n) is 13.2. The van der Waals surface area contributed by atoms with E-state index in [0.29, 0.717) is 42.8 Å². The molecule has 49 heavy (non-hydrogen) atoms. The molecule has 2 N–H and O–H groups in total. The summed E-state index contributed by atoms with van der Waals surface area (Å²) < 4.78 is 18.4. The Hall–Kier alpha value is -4.48. The van der Waals surface area contributed by atoms with Crippen LogP contribution >= 0.6 is 0 Å². The number of allylic oxidation sites excluding steroid dienone is 1. The van der Waals surface area contributed by atoms with Crippen molar-refractivity contribution in [1.29, 1.82) is 0 Å². The number of aliphatic hydroxyl groups excluding tert-OH is 1. The van der Waals surface area contributed by atoms with Crippen LogP contribution in [0.1, 0.15) is 57.1 Å². The average Bonchev–Trinajstić information content (AvgIpc) is 3.49. The molecule has 0 aromatic heterocycles. The summed E-state index contributed by atoms with van der Waals surface area (Å²) in [6.07, 6.45) is 8.97. The van der Waals surface area contributed by atoms with E-state index in [0.717, 1.165) is 12.8 Å². The molecule has 0 saturated carbocycles. The SMILES string of the molecule is COc1ccc(N2CC=C[C@]34O[C@@H]5/C=C\CCC(=O)N[C@H](C)[C@@H](c6ccccc6)OC(=O)[C@@H]5[C@H]3C(=O)N(CCCCCCO)[C@@H]4C2=O)cc1. The Kier molecular flexibility index (Phi) is 10.5. The lowest BCUT2D eigenvalue weighted by Gasteiger charge is -2.35. The van der Waals surface area contributed by atoms with E-state index in [4.69, 9.17) is 14.2 Å². The maximum absolute atomic E-state index is 14.7. The zero-order valence-electron chi connectivity index (χ0n) is 28.0. The van der Waals surface area contributed by atoms with E-state index in [1.165, 1.54) is 0 Å². The van der Waals surface area contributed by atoms with Crippen molar-refractivity contribution in [2.75, 3.05) is 31.7 Å². The van der Waals surface area contributed by atoms with Crippen molar-refractivity contribution in [3.63, 3.8) is 0 Å². The van der Waals surface area contributed by atoms with Crippen LogP contribution in [0.5, 0.6) is 5.75 Å². The summed E-state index contributed by atoms with van der Waals surface area (Å²) in [5.41, 5.74) is -0.0745. The fourth-order valence-corrected chi connectivity index (χ4v) is 7.69. The molecule has 2 saturated heterocycles. The third-order valence-corrected chi connectivity index (χ3v) is 10.0. The second-order valence-corrected chi connectivity index (χ2v) is 13.2. The topological polar surface area (TPSA) is 135 Å². The lowest BCUT2D eigenvalue weighted by Crippen LogP contribution is -2.55. The molecule has 260 valence electrons. The van der Waals surface area contributed by atoms with Crippen LogP contribution in [0.4, 0.5) is 5.69 Å². The molecule has 0 aliphatic carbocycles. The number of amides is 3. The molecule has 11 nitrogen and oxygen atoms in total. The highest BCUT2D eigenvalue weighted by Crippen LogP contribution is 2.53. The van der Waals surface area contributed by atoms with Crippen LogP contribution in [0.3, 0.4) is 0 Å². The van der Waals surface area contributed by atoms with Gasteiger partial charge in [-0.05, 0) is 56.0 Å². The smallest absolute Gasteiger partial charge is 0.313 e. The number of anilines is 1. The van der Waals surface area contributed by atoms with Crippen molar-refractivity contribution in [3.8, 4) is 5.75 Å². The summed E-state index contributed by atoms with van der Waals surface area (Å²) in [7, 11) is 1.58. The van der Waals surface area contributed by atoms with Gasteiger partial charge in [0.25, 0.3) is 5.91 Å². The largest absolute Gasteiger partial charge is 0.497 e. The number of esters is 1. The van der Waals surface area contributed by atoms with E-state index in [1.807, 2.05) is 42.5 Å². The Labute approximate surface area is 286 Å². The molecule has 2 aromatic carbocycles. The van der Waals surface area contributed by atoms with Crippen LogP contribution in [-0.4, -0.2) is 84.3 Å². The molecule has 6 rings (SSSR count). The third-order valence-electron chi connectivity index (χ3n) is 10.0. The van der Waals surface area contributed by atoms with Crippen molar-refractivity contribution >= 4 is 29.4 Å². The Morgan fingerprint density at radius 3 is 2.45 bits per heavy atom. The summed E-state index contributed by atoms with van der Waals surface area (Å²) in [6.45, 7) is 2.43. The number of carbonyl (C=O) groups excluding carboxylic acids is 4. The number of hydrogen-bond donors (Lipinski definition) is 2. The summed E-state index contributed by atoms with van der Waals surface area (Å²) in [5.74, 6) is -2.83. The number of fused-ring (bicyclic) bond motifs is 2.